The van der Waals surface area contributed by atoms with Crippen molar-refractivity contribution in [1.29, 1.82) is 0 Å². The molecular weight excluding hydrogens is 324 g/mol. The van der Waals surface area contributed by atoms with Gasteiger partial charge in [0.15, 0.2) is 0 Å². The highest BCUT2D eigenvalue weighted by Gasteiger charge is 2.19. The number of aryl methyl sites for hydroxylation is 1. The Labute approximate surface area is 151 Å². The second-order valence-electron chi connectivity index (χ2n) is 7.09. The molecule has 2 heterocycles. The van der Waals surface area contributed by atoms with Crippen LogP contribution in [0, 0.1) is 6.92 Å². The number of imidazole rings is 1. The van der Waals surface area contributed by atoms with Crippen LogP contribution >= 0.6 is 0 Å². The lowest BCUT2D eigenvalue weighted by Gasteiger charge is -2.11. The lowest BCUT2D eigenvalue weighted by atomic mass is 10.1. The van der Waals surface area contributed by atoms with Gasteiger partial charge in [-0.15, -0.1) is 0 Å². The fourth-order valence-corrected chi connectivity index (χ4v) is 3.88. The summed E-state index contributed by atoms with van der Waals surface area (Å²) in [6, 6.07) is 14.9. The zero-order chi connectivity index (χ0) is 17.5. The number of nitrogens with zero attached hydrogens (tertiary/aromatic N) is 4. The maximum absolute atomic E-state index is 5.47. The highest BCUT2D eigenvalue weighted by molar-refractivity contribution is 5.81. The second-order valence-corrected chi connectivity index (χ2v) is 7.09. The van der Waals surface area contributed by atoms with E-state index in [0.717, 1.165) is 16.6 Å². The number of hydrogen-bond donors (Lipinski definition) is 0. The minimum absolute atomic E-state index is 0.542. The van der Waals surface area contributed by atoms with Gasteiger partial charge in [0.1, 0.15) is 0 Å². The number of hydrogen-bond acceptors (Lipinski definition) is 4. The molecule has 1 aliphatic rings. The number of benzene rings is 2. The second kappa shape index (κ2) is 6.09. The van der Waals surface area contributed by atoms with Crippen LogP contribution < -0.4 is 0 Å². The van der Waals surface area contributed by atoms with Gasteiger partial charge in [-0.05, 0) is 50.1 Å². The molecule has 26 heavy (non-hydrogen) atoms. The Kier molecular flexibility index (Phi) is 3.59. The molecule has 0 unspecified atom stereocenters. The van der Waals surface area contributed by atoms with E-state index in [2.05, 4.69) is 44.8 Å². The molecular formula is C21H20N4O. The molecule has 0 aliphatic heterocycles. The van der Waals surface area contributed by atoms with Crippen LogP contribution in [-0.4, -0.2) is 19.7 Å². The number of rotatable bonds is 3. The zero-order valence-electron chi connectivity index (χ0n) is 14.7. The van der Waals surface area contributed by atoms with Crippen LogP contribution in [0.2, 0.25) is 0 Å². The largest absolute Gasteiger partial charge is 0.334 e. The summed E-state index contributed by atoms with van der Waals surface area (Å²) in [5.74, 6) is 1.14. The van der Waals surface area contributed by atoms with Crippen molar-refractivity contribution in [3.63, 3.8) is 0 Å². The molecule has 5 heteroatoms. The average molecular weight is 344 g/mol. The van der Waals surface area contributed by atoms with E-state index in [4.69, 9.17) is 4.52 Å². The Morgan fingerprint density at radius 3 is 2.77 bits per heavy atom. The van der Waals surface area contributed by atoms with E-state index in [-0.39, 0.29) is 0 Å². The smallest absolute Gasteiger partial charge is 0.258 e. The van der Waals surface area contributed by atoms with Crippen LogP contribution in [0.4, 0.5) is 0 Å². The van der Waals surface area contributed by atoms with Crippen molar-refractivity contribution in [3.05, 3.63) is 54.4 Å². The van der Waals surface area contributed by atoms with Crippen molar-refractivity contribution < 1.29 is 4.52 Å². The third-order valence-corrected chi connectivity index (χ3v) is 5.24. The summed E-state index contributed by atoms with van der Waals surface area (Å²) in [5, 5.41) is 4.16. The molecule has 2 aromatic carbocycles. The SMILES string of the molecule is Cc1cccc(-c2nc(-c3ccc4c(c3)ncn4C3CCCC3)no2)c1. The van der Waals surface area contributed by atoms with E-state index in [9.17, 15) is 0 Å². The Balaban J connectivity index is 1.50. The monoisotopic (exact) mass is 344 g/mol. The molecule has 0 spiro atoms. The summed E-state index contributed by atoms with van der Waals surface area (Å²) in [6.07, 6.45) is 7.09. The van der Waals surface area contributed by atoms with Crippen molar-refractivity contribution in [3.8, 4) is 22.8 Å². The van der Waals surface area contributed by atoms with E-state index < -0.39 is 0 Å². The fraction of sp³-hybridized carbons (Fsp3) is 0.286. The maximum atomic E-state index is 5.47. The molecule has 5 nitrogen and oxygen atoms in total. The Hall–Kier alpha value is -2.95. The normalized spacial score (nSPS) is 15.1. The molecule has 0 radical (unpaired) electrons. The molecule has 1 fully saturated rings. The van der Waals surface area contributed by atoms with Crippen molar-refractivity contribution in [1.82, 2.24) is 19.7 Å². The van der Waals surface area contributed by atoms with E-state index in [1.54, 1.807) is 0 Å². The Morgan fingerprint density at radius 1 is 1.04 bits per heavy atom. The van der Waals surface area contributed by atoms with Crippen molar-refractivity contribution in [2.24, 2.45) is 0 Å². The number of fused-ring (bicyclic) bond motifs is 1. The fourth-order valence-electron chi connectivity index (χ4n) is 3.88. The third kappa shape index (κ3) is 2.60. The van der Waals surface area contributed by atoms with Gasteiger partial charge in [-0.25, -0.2) is 4.98 Å². The predicted octanol–water partition coefficient (Wildman–Crippen LogP) is 5.18. The van der Waals surface area contributed by atoms with Crippen LogP contribution in [0.25, 0.3) is 33.9 Å². The van der Waals surface area contributed by atoms with Gasteiger partial charge in [0.05, 0.1) is 17.4 Å². The van der Waals surface area contributed by atoms with Crippen molar-refractivity contribution in [2.75, 3.05) is 0 Å². The summed E-state index contributed by atoms with van der Waals surface area (Å²) >= 11 is 0. The van der Waals surface area contributed by atoms with Crippen LogP contribution in [-0.2, 0) is 0 Å². The maximum Gasteiger partial charge on any atom is 0.258 e. The third-order valence-electron chi connectivity index (χ3n) is 5.24. The minimum atomic E-state index is 0.542. The van der Waals surface area contributed by atoms with E-state index in [1.807, 2.05) is 30.6 Å². The Bertz CT molecular complexity index is 1070. The van der Waals surface area contributed by atoms with Gasteiger partial charge in [0.2, 0.25) is 5.82 Å². The first kappa shape index (κ1) is 15.3. The van der Waals surface area contributed by atoms with Crippen molar-refractivity contribution in [2.45, 2.75) is 38.6 Å². The molecule has 0 saturated heterocycles. The average Bonchev–Trinajstić information content (AvgIpc) is 3.40. The first-order valence-electron chi connectivity index (χ1n) is 9.16. The van der Waals surface area contributed by atoms with Gasteiger partial charge in [-0.1, -0.05) is 35.7 Å². The van der Waals surface area contributed by atoms with Gasteiger partial charge in [-0.3, -0.25) is 0 Å². The van der Waals surface area contributed by atoms with E-state index in [1.165, 1.54) is 36.8 Å². The molecule has 130 valence electrons. The molecule has 0 atom stereocenters. The molecule has 0 N–H and O–H groups in total. The minimum Gasteiger partial charge on any atom is -0.334 e. The predicted molar refractivity (Wildman–Crippen MR) is 101 cm³/mol. The summed E-state index contributed by atoms with van der Waals surface area (Å²) in [4.78, 5) is 9.17. The zero-order valence-corrected chi connectivity index (χ0v) is 14.7. The van der Waals surface area contributed by atoms with Gasteiger partial charge < -0.3 is 9.09 Å². The van der Waals surface area contributed by atoms with Crippen molar-refractivity contribution >= 4 is 11.0 Å². The molecule has 5 rings (SSSR count). The summed E-state index contributed by atoms with van der Waals surface area (Å²) in [7, 11) is 0. The highest BCUT2D eigenvalue weighted by atomic mass is 16.5. The molecule has 4 aromatic rings. The quantitative estimate of drug-likeness (QED) is 0.514. The molecule has 2 aromatic heterocycles. The first-order chi connectivity index (χ1) is 12.8. The van der Waals surface area contributed by atoms with Gasteiger partial charge in [-0.2, -0.15) is 4.98 Å². The van der Waals surface area contributed by atoms with Crippen LogP contribution in [0.5, 0.6) is 0 Å². The topological polar surface area (TPSA) is 56.7 Å². The molecule has 0 amide bonds. The number of aromatic nitrogens is 4. The van der Waals surface area contributed by atoms with Gasteiger partial charge >= 0.3 is 0 Å². The van der Waals surface area contributed by atoms with Crippen LogP contribution in [0.1, 0.15) is 37.3 Å². The van der Waals surface area contributed by atoms with Crippen LogP contribution in [0.15, 0.2) is 53.3 Å². The van der Waals surface area contributed by atoms with Gasteiger partial charge in [0, 0.05) is 17.2 Å². The first-order valence-corrected chi connectivity index (χ1v) is 9.16. The summed E-state index contributed by atoms with van der Waals surface area (Å²) in [5.41, 5.74) is 5.20. The lowest BCUT2D eigenvalue weighted by molar-refractivity contribution is 0.432. The van der Waals surface area contributed by atoms with E-state index in [0.29, 0.717) is 17.8 Å². The summed E-state index contributed by atoms with van der Waals surface area (Å²) in [6.45, 7) is 2.05. The molecule has 1 saturated carbocycles. The lowest BCUT2D eigenvalue weighted by Crippen LogP contribution is -2.02. The molecule has 0 bridgehead atoms. The standard InChI is InChI=1S/C21H20N4O/c1-14-5-4-6-16(11-14)21-23-20(24-26-21)15-9-10-19-18(12-15)22-13-25(19)17-7-2-3-8-17/h4-6,9-13,17H,2-3,7-8H2,1H3. The van der Waals surface area contributed by atoms with Crippen LogP contribution in [0.3, 0.4) is 0 Å². The Morgan fingerprint density at radius 2 is 1.92 bits per heavy atom. The van der Waals surface area contributed by atoms with E-state index >= 15 is 0 Å². The van der Waals surface area contributed by atoms with Gasteiger partial charge in [0.25, 0.3) is 5.89 Å². The highest BCUT2D eigenvalue weighted by Crippen LogP contribution is 2.33. The summed E-state index contributed by atoms with van der Waals surface area (Å²) < 4.78 is 7.79. The molecule has 1 aliphatic carbocycles.